The maximum Gasteiger partial charge on any atom is 0.244 e. The lowest BCUT2D eigenvalue weighted by atomic mass is 9.92. The van der Waals surface area contributed by atoms with Crippen molar-refractivity contribution in [3.05, 3.63) is 0 Å². The van der Waals surface area contributed by atoms with Gasteiger partial charge in [-0.1, -0.05) is 0 Å². The Balaban J connectivity index is 1.92. The molecule has 3 aliphatic heterocycles. The molecule has 0 aliphatic carbocycles. The molecule has 14 nitrogen and oxygen atoms in total. The average Bonchev–Trinajstić information content (AvgIpc) is 3.36. The summed E-state index contributed by atoms with van der Waals surface area (Å²) in [6, 6.07) is -1.27. The predicted molar refractivity (Wildman–Crippen MR) is 102 cm³/mol. The van der Waals surface area contributed by atoms with Gasteiger partial charge in [0.2, 0.25) is 11.8 Å². The molecule has 0 aromatic carbocycles. The molecule has 3 aliphatic rings. The highest BCUT2D eigenvalue weighted by Crippen LogP contribution is 2.51. The van der Waals surface area contributed by atoms with Crippen molar-refractivity contribution in [3.8, 4) is 0 Å². The molecule has 3 fully saturated rings. The minimum atomic E-state index is -1.74. The van der Waals surface area contributed by atoms with Gasteiger partial charge in [-0.15, -0.1) is 0 Å². The first-order valence-electron chi connectivity index (χ1n) is 10.1. The van der Waals surface area contributed by atoms with E-state index >= 15 is 0 Å². The number of amides is 2. The fraction of sp³-hybridized carbons (Fsp3) is 0.889. The van der Waals surface area contributed by atoms with Gasteiger partial charge in [-0.25, -0.2) is 0 Å². The Hall–Kier alpha value is -1.46. The molecule has 0 aromatic rings. The minimum Gasteiger partial charge on any atom is -0.394 e. The number of ether oxygens (including phenoxy) is 4. The Morgan fingerprint density at radius 2 is 1.84 bits per heavy atom. The Morgan fingerprint density at radius 1 is 1.19 bits per heavy atom. The molecule has 184 valence electrons. The number of fused-ring (bicyclic) bond motifs is 1. The van der Waals surface area contributed by atoms with Gasteiger partial charge in [0.1, 0.15) is 42.7 Å². The first kappa shape index (κ1) is 25.2. The second kappa shape index (κ2) is 9.06. The van der Waals surface area contributed by atoms with Crippen molar-refractivity contribution in [2.45, 2.75) is 81.1 Å². The van der Waals surface area contributed by atoms with Crippen molar-refractivity contribution in [3.63, 3.8) is 0 Å². The highest BCUT2D eigenvalue weighted by molar-refractivity contribution is 5.74. The third-order valence-electron chi connectivity index (χ3n) is 6.09. The van der Waals surface area contributed by atoms with Gasteiger partial charge < -0.3 is 44.7 Å². The van der Waals surface area contributed by atoms with Gasteiger partial charge in [-0.3, -0.25) is 20.1 Å². The highest BCUT2D eigenvalue weighted by atomic mass is 16.7. The van der Waals surface area contributed by atoms with Crippen LogP contribution >= 0.6 is 0 Å². The molecule has 0 radical (unpaired) electrons. The van der Waals surface area contributed by atoms with E-state index in [1.165, 1.54) is 21.0 Å². The van der Waals surface area contributed by atoms with E-state index in [-0.39, 0.29) is 6.61 Å². The Morgan fingerprint density at radius 3 is 2.38 bits per heavy atom. The van der Waals surface area contributed by atoms with Gasteiger partial charge in [-0.2, -0.15) is 5.06 Å². The summed E-state index contributed by atoms with van der Waals surface area (Å²) < 4.78 is 22.5. The lowest BCUT2D eigenvalue weighted by Gasteiger charge is -2.47. The van der Waals surface area contributed by atoms with Crippen molar-refractivity contribution in [1.82, 2.24) is 15.7 Å². The first-order chi connectivity index (χ1) is 14.9. The largest absolute Gasteiger partial charge is 0.394 e. The summed E-state index contributed by atoms with van der Waals surface area (Å²) >= 11 is 0. The van der Waals surface area contributed by atoms with Crippen molar-refractivity contribution in [1.29, 1.82) is 0 Å². The second-order valence-electron chi connectivity index (χ2n) is 8.35. The maximum atomic E-state index is 11.8. The number of rotatable bonds is 7. The van der Waals surface area contributed by atoms with Crippen LogP contribution in [0.3, 0.4) is 0 Å². The van der Waals surface area contributed by atoms with Crippen LogP contribution in [0, 0.1) is 0 Å². The molecule has 10 atom stereocenters. The highest BCUT2D eigenvalue weighted by Gasteiger charge is 2.79. The summed E-state index contributed by atoms with van der Waals surface area (Å²) in [5.41, 5.74) is -3.05. The molecule has 3 heterocycles. The van der Waals surface area contributed by atoms with Crippen LogP contribution in [-0.2, 0) is 28.5 Å². The number of nitrogens with one attached hydrogen (secondary N) is 2. The average molecular weight is 465 g/mol. The van der Waals surface area contributed by atoms with Crippen LogP contribution in [0.1, 0.15) is 20.8 Å². The summed E-state index contributed by atoms with van der Waals surface area (Å²) in [6.07, 6.45) is -9.58. The van der Waals surface area contributed by atoms with Crippen molar-refractivity contribution in [2.75, 3.05) is 20.3 Å². The zero-order chi connectivity index (χ0) is 24.0. The van der Waals surface area contributed by atoms with E-state index in [0.717, 1.165) is 6.92 Å². The van der Waals surface area contributed by atoms with Crippen LogP contribution in [-0.4, -0.2) is 123 Å². The zero-order valence-corrected chi connectivity index (χ0v) is 18.2. The predicted octanol–water partition coefficient (Wildman–Crippen LogP) is -4.03. The lowest BCUT2D eigenvalue weighted by molar-refractivity contribution is -0.325. The number of aliphatic hydroxyl groups is 4. The number of carbonyl (C=O) groups excluding carboxylic acids is 2. The van der Waals surface area contributed by atoms with Crippen LogP contribution < -0.4 is 10.6 Å². The lowest BCUT2D eigenvalue weighted by Crippen LogP contribution is -2.69. The van der Waals surface area contributed by atoms with E-state index < -0.39 is 78.8 Å². The van der Waals surface area contributed by atoms with Crippen LogP contribution in [0.15, 0.2) is 0 Å². The van der Waals surface area contributed by atoms with Gasteiger partial charge in [-0.05, 0) is 6.92 Å². The molecular weight excluding hydrogens is 434 g/mol. The molecular formula is C18H31N3O11. The molecule has 0 aromatic heterocycles. The van der Waals surface area contributed by atoms with Crippen LogP contribution in [0.5, 0.6) is 0 Å². The Labute approximate surface area is 183 Å². The number of methoxy groups -OCH3 is 1. The summed E-state index contributed by atoms with van der Waals surface area (Å²) in [7, 11) is 1.39. The number of carbonyl (C=O) groups is 2. The van der Waals surface area contributed by atoms with Gasteiger partial charge in [0, 0.05) is 21.0 Å². The molecule has 0 bridgehead atoms. The normalized spacial score (nSPS) is 45.7. The fourth-order valence-corrected chi connectivity index (χ4v) is 4.44. The van der Waals surface area contributed by atoms with Gasteiger partial charge in [0.25, 0.3) is 0 Å². The molecule has 3 rings (SSSR count). The standard InChI is InChI=1S/C18H31N3O11/c1-7(23)19-11-13(26)12(25)9(5-22)30-16(11)31-14-10(6-29-4)32-17(3)18(20-17,15(14)27)21(28)8(2)24/h9-16,20,22,25-28H,5-6H2,1-4H3,(H,19,23)/t9-,10-,11-,12-,13-,14-,15+,16+,17-,18-/m1/s1. The summed E-state index contributed by atoms with van der Waals surface area (Å²) in [6.45, 7) is 3.09. The van der Waals surface area contributed by atoms with Gasteiger partial charge in [0.15, 0.2) is 17.7 Å². The monoisotopic (exact) mass is 465 g/mol. The maximum absolute atomic E-state index is 11.8. The smallest absolute Gasteiger partial charge is 0.244 e. The van der Waals surface area contributed by atoms with E-state index in [4.69, 9.17) is 18.9 Å². The van der Waals surface area contributed by atoms with E-state index in [1.54, 1.807) is 0 Å². The molecule has 0 unspecified atom stereocenters. The first-order valence-corrected chi connectivity index (χ1v) is 10.1. The van der Waals surface area contributed by atoms with Crippen LogP contribution in [0.25, 0.3) is 0 Å². The Bertz CT molecular complexity index is 728. The van der Waals surface area contributed by atoms with Gasteiger partial charge in [0.05, 0.1) is 13.2 Å². The molecule has 14 heteroatoms. The SMILES string of the molecule is COC[C@H]1O[C@@]2(C)N[C@@]2(N(O)C(C)=O)[C@@H](O)[C@@H]1O[C@@H]1O[C@H](CO)[C@@H](O)[C@H](O)[C@H]1NC(C)=O. The zero-order valence-electron chi connectivity index (χ0n) is 18.2. The topological polar surface area (TPSA) is 209 Å². The Kier molecular flexibility index (Phi) is 7.12. The van der Waals surface area contributed by atoms with Crippen molar-refractivity contribution in [2.24, 2.45) is 0 Å². The molecule has 0 saturated carbocycles. The second-order valence-corrected chi connectivity index (χ2v) is 8.35. The third-order valence-corrected chi connectivity index (χ3v) is 6.09. The summed E-state index contributed by atoms with van der Waals surface area (Å²) in [5, 5.41) is 57.2. The number of nitrogens with zero attached hydrogens (tertiary/aromatic N) is 1. The van der Waals surface area contributed by atoms with E-state index in [9.17, 15) is 35.2 Å². The number of hydroxylamine groups is 2. The van der Waals surface area contributed by atoms with Crippen LogP contribution in [0.2, 0.25) is 0 Å². The molecule has 32 heavy (non-hydrogen) atoms. The fourth-order valence-electron chi connectivity index (χ4n) is 4.44. The van der Waals surface area contributed by atoms with Gasteiger partial charge >= 0.3 is 0 Å². The van der Waals surface area contributed by atoms with Crippen molar-refractivity contribution < 1.29 is 54.2 Å². The molecule has 2 amide bonds. The molecule has 3 saturated heterocycles. The summed E-state index contributed by atoms with van der Waals surface area (Å²) in [4.78, 5) is 23.5. The van der Waals surface area contributed by atoms with E-state index in [0.29, 0.717) is 5.06 Å². The number of aliphatic hydroxyl groups excluding tert-OH is 4. The van der Waals surface area contributed by atoms with Crippen molar-refractivity contribution >= 4 is 11.8 Å². The summed E-state index contributed by atoms with van der Waals surface area (Å²) in [5.74, 6) is -1.32. The van der Waals surface area contributed by atoms with E-state index in [1.807, 2.05) is 0 Å². The quantitative estimate of drug-likeness (QED) is 0.109. The third kappa shape index (κ3) is 4.00. The minimum absolute atomic E-state index is 0.0628. The molecule has 7 N–H and O–H groups in total. The number of hydrogen-bond acceptors (Lipinski definition) is 12. The number of hydrogen-bond donors (Lipinski definition) is 7. The van der Waals surface area contributed by atoms with E-state index in [2.05, 4.69) is 10.6 Å². The molecule has 0 spiro atoms. The van der Waals surface area contributed by atoms with Crippen LogP contribution in [0.4, 0.5) is 0 Å².